The molecular weight excluding hydrogens is 285 g/mol. The van der Waals surface area contributed by atoms with Gasteiger partial charge in [0, 0.05) is 28.0 Å². The van der Waals surface area contributed by atoms with E-state index in [0.717, 1.165) is 30.1 Å². The Bertz CT molecular complexity index is 522. The Hall–Kier alpha value is -0.540. The first kappa shape index (κ1) is 13.9. The molecule has 2 rings (SSSR count). The summed E-state index contributed by atoms with van der Waals surface area (Å²) >= 11 is 13.8. The zero-order valence-electron chi connectivity index (χ0n) is 10.2. The molecule has 0 radical (unpaired) electrons. The fourth-order valence-corrected chi connectivity index (χ4v) is 3.23. The van der Waals surface area contributed by atoms with Crippen LogP contribution in [0, 0.1) is 0 Å². The maximum absolute atomic E-state index is 6.13. The van der Waals surface area contributed by atoms with E-state index >= 15 is 0 Å². The molecule has 1 aromatic heterocycles. The van der Waals surface area contributed by atoms with Crippen LogP contribution in [0.5, 0.6) is 0 Å². The molecule has 4 heteroatoms. The Morgan fingerprint density at radius 3 is 2.67 bits per heavy atom. The number of benzene rings is 1. The predicted molar refractivity (Wildman–Crippen MR) is 80.7 cm³/mol. The molecule has 0 aliphatic carbocycles. The van der Waals surface area contributed by atoms with Crippen molar-refractivity contribution in [3.8, 4) is 0 Å². The van der Waals surface area contributed by atoms with Gasteiger partial charge in [-0.15, -0.1) is 11.3 Å². The second-order valence-corrected chi connectivity index (χ2v) is 5.91. The van der Waals surface area contributed by atoms with Crippen LogP contribution in [-0.4, -0.2) is 0 Å². The molecule has 96 valence electrons. The molecule has 1 heterocycles. The fourth-order valence-electron chi connectivity index (χ4n) is 1.81. The van der Waals surface area contributed by atoms with Crippen molar-refractivity contribution in [2.24, 2.45) is 0 Å². The van der Waals surface area contributed by atoms with Crippen LogP contribution in [0.4, 0.5) is 0 Å². The first-order valence-corrected chi connectivity index (χ1v) is 7.54. The molecule has 0 unspecified atom stereocenters. The number of halogens is 2. The lowest BCUT2D eigenvalue weighted by molar-refractivity contribution is 0.697. The van der Waals surface area contributed by atoms with Crippen molar-refractivity contribution in [1.82, 2.24) is 5.32 Å². The lowest BCUT2D eigenvalue weighted by Gasteiger charge is -2.07. The second kappa shape index (κ2) is 6.58. The maximum atomic E-state index is 6.13. The highest BCUT2D eigenvalue weighted by Gasteiger charge is 2.04. The quantitative estimate of drug-likeness (QED) is 0.827. The van der Waals surface area contributed by atoms with Crippen molar-refractivity contribution in [2.75, 3.05) is 0 Å². The Kier molecular flexibility index (Phi) is 5.07. The van der Waals surface area contributed by atoms with E-state index in [1.165, 1.54) is 10.4 Å². The van der Waals surface area contributed by atoms with Gasteiger partial charge in [0.1, 0.15) is 0 Å². The Labute approximate surface area is 122 Å². The molecule has 0 atom stereocenters. The van der Waals surface area contributed by atoms with E-state index in [-0.39, 0.29) is 0 Å². The second-order valence-electron chi connectivity index (χ2n) is 4.06. The number of aryl methyl sites for hydroxylation is 1. The van der Waals surface area contributed by atoms with E-state index in [0.29, 0.717) is 5.02 Å². The summed E-state index contributed by atoms with van der Waals surface area (Å²) in [6.45, 7) is 3.83. The normalized spacial score (nSPS) is 10.8. The van der Waals surface area contributed by atoms with Crippen LogP contribution < -0.4 is 5.32 Å². The van der Waals surface area contributed by atoms with E-state index < -0.39 is 0 Å². The Balaban J connectivity index is 1.92. The molecule has 1 nitrogen and oxygen atoms in total. The van der Waals surface area contributed by atoms with Gasteiger partial charge in [0.15, 0.2) is 0 Å². The molecule has 18 heavy (non-hydrogen) atoms. The van der Waals surface area contributed by atoms with Crippen LogP contribution in [0.15, 0.2) is 29.6 Å². The van der Waals surface area contributed by atoms with Crippen LogP contribution in [0.1, 0.15) is 22.9 Å². The summed E-state index contributed by atoms with van der Waals surface area (Å²) in [5.41, 5.74) is 2.50. The lowest BCUT2D eigenvalue weighted by Crippen LogP contribution is -2.13. The van der Waals surface area contributed by atoms with Gasteiger partial charge in [-0.3, -0.25) is 0 Å². The molecule has 0 saturated carbocycles. The minimum atomic E-state index is 0.676. The summed E-state index contributed by atoms with van der Waals surface area (Å²) in [5, 5.41) is 6.96. The van der Waals surface area contributed by atoms with Gasteiger partial charge in [-0.2, -0.15) is 0 Å². The third-order valence-electron chi connectivity index (χ3n) is 2.83. The van der Waals surface area contributed by atoms with E-state index in [9.17, 15) is 0 Å². The highest BCUT2D eigenvalue weighted by molar-refractivity contribution is 7.10. The Morgan fingerprint density at radius 2 is 1.94 bits per heavy atom. The van der Waals surface area contributed by atoms with Crippen LogP contribution in [0.3, 0.4) is 0 Å². The molecule has 1 N–H and O–H groups in total. The third-order valence-corrected chi connectivity index (χ3v) is 4.38. The van der Waals surface area contributed by atoms with Crippen molar-refractivity contribution in [3.63, 3.8) is 0 Å². The van der Waals surface area contributed by atoms with Gasteiger partial charge in [0.2, 0.25) is 0 Å². The van der Waals surface area contributed by atoms with Crippen LogP contribution in [-0.2, 0) is 19.5 Å². The first-order valence-electron chi connectivity index (χ1n) is 5.90. The highest BCUT2D eigenvalue weighted by atomic mass is 35.5. The molecule has 0 aliphatic rings. The van der Waals surface area contributed by atoms with E-state index in [4.69, 9.17) is 23.2 Å². The van der Waals surface area contributed by atoms with Crippen LogP contribution in [0.25, 0.3) is 0 Å². The maximum Gasteiger partial charge on any atom is 0.0465 e. The third kappa shape index (κ3) is 3.48. The minimum Gasteiger partial charge on any atom is -0.308 e. The molecule has 2 aromatic rings. The highest BCUT2D eigenvalue weighted by Crippen LogP contribution is 2.21. The van der Waals surface area contributed by atoms with Gasteiger partial charge in [-0.1, -0.05) is 36.2 Å². The van der Waals surface area contributed by atoms with Gasteiger partial charge >= 0.3 is 0 Å². The summed E-state index contributed by atoms with van der Waals surface area (Å²) in [5.74, 6) is 0. The average molecular weight is 300 g/mol. The molecule has 0 spiro atoms. The zero-order valence-corrected chi connectivity index (χ0v) is 12.5. The van der Waals surface area contributed by atoms with Crippen LogP contribution >= 0.6 is 34.5 Å². The smallest absolute Gasteiger partial charge is 0.0465 e. The topological polar surface area (TPSA) is 12.0 Å². The van der Waals surface area contributed by atoms with Crippen molar-refractivity contribution in [3.05, 3.63) is 55.7 Å². The lowest BCUT2D eigenvalue weighted by atomic mass is 10.2. The Morgan fingerprint density at radius 1 is 1.11 bits per heavy atom. The van der Waals surface area contributed by atoms with Gasteiger partial charge < -0.3 is 5.32 Å². The van der Waals surface area contributed by atoms with Crippen molar-refractivity contribution in [2.45, 2.75) is 26.4 Å². The molecule has 1 aromatic carbocycles. The number of nitrogens with one attached hydrogen (secondary N) is 1. The standard InChI is InChI=1S/C14H15Cl2NS/c1-2-10-5-6-18-14(10)9-17-8-11-3-4-12(15)7-13(11)16/h3-7,17H,2,8-9H2,1H3. The SMILES string of the molecule is CCc1ccsc1CNCc1ccc(Cl)cc1Cl. The molecule has 0 bridgehead atoms. The van der Waals surface area contributed by atoms with Crippen molar-refractivity contribution < 1.29 is 0 Å². The molecule has 0 aliphatic heterocycles. The number of hydrogen-bond donors (Lipinski definition) is 1. The van der Waals surface area contributed by atoms with Gasteiger partial charge in [-0.05, 0) is 41.1 Å². The van der Waals surface area contributed by atoms with E-state index in [1.54, 1.807) is 17.4 Å². The van der Waals surface area contributed by atoms with E-state index in [1.807, 2.05) is 12.1 Å². The van der Waals surface area contributed by atoms with Crippen molar-refractivity contribution >= 4 is 34.5 Å². The predicted octanol–water partition coefficient (Wildman–Crippen LogP) is 4.91. The summed E-state index contributed by atoms with van der Waals surface area (Å²) < 4.78 is 0. The number of rotatable bonds is 5. The summed E-state index contributed by atoms with van der Waals surface area (Å²) in [7, 11) is 0. The number of hydrogen-bond acceptors (Lipinski definition) is 2. The molecule has 0 amide bonds. The number of thiophene rings is 1. The first-order chi connectivity index (χ1) is 8.70. The van der Waals surface area contributed by atoms with Crippen LogP contribution in [0.2, 0.25) is 10.0 Å². The molecule has 0 saturated heterocycles. The average Bonchev–Trinajstić information content (AvgIpc) is 2.79. The minimum absolute atomic E-state index is 0.676. The van der Waals surface area contributed by atoms with Gasteiger partial charge in [0.05, 0.1) is 0 Å². The van der Waals surface area contributed by atoms with Crippen molar-refractivity contribution in [1.29, 1.82) is 0 Å². The zero-order chi connectivity index (χ0) is 13.0. The van der Waals surface area contributed by atoms with Gasteiger partial charge in [0.25, 0.3) is 0 Å². The monoisotopic (exact) mass is 299 g/mol. The largest absolute Gasteiger partial charge is 0.308 e. The van der Waals surface area contributed by atoms with Gasteiger partial charge in [-0.25, -0.2) is 0 Å². The summed E-state index contributed by atoms with van der Waals surface area (Å²) in [6, 6.07) is 7.81. The van der Waals surface area contributed by atoms with E-state index in [2.05, 4.69) is 23.7 Å². The summed E-state index contributed by atoms with van der Waals surface area (Å²) in [4.78, 5) is 1.41. The molecule has 0 fully saturated rings. The fraction of sp³-hybridized carbons (Fsp3) is 0.286. The summed E-state index contributed by atoms with van der Waals surface area (Å²) in [6.07, 6.45) is 1.09. The molecular formula is C14H15Cl2NS.